The molecule has 0 aliphatic rings. The van der Waals surface area contributed by atoms with Crippen molar-refractivity contribution in [1.29, 1.82) is 0 Å². The maximum Gasteiger partial charge on any atom is 0.192 e. The lowest BCUT2D eigenvalue weighted by Gasteiger charge is -2.36. The first-order valence-corrected chi connectivity index (χ1v) is 6.11. The van der Waals surface area contributed by atoms with Gasteiger partial charge in [-0.3, -0.25) is 0 Å². The summed E-state index contributed by atoms with van der Waals surface area (Å²) < 4.78 is 5.58. The molecule has 1 unspecified atom stereocenters. The second kappa shape index (κ2) is 4.37. The van der Waals surface area contributed by atoms with E-state index in [2.05, 4.69) is 16.0 Å². The van der Waals surface area contributed by atoms with E-state index in [0.717, 1.165) is 16.7 Å². The van der Waals surface area contributed by atoms with E-state index in [1.807, 2.05) is 47.0 Å². The zero-order valence-electron chi connectivity index (χ0n) is 11.7. The molecule has 4 nitrogen and oxygen atoms in total. The van der Waals surface area contributed by atoms with Gasteiger partial charge < -0.3 is 15.1 Å². The summed E-state index contributed by atoms with van der Waals surface area (Å²) >= 11 is 0. The SMILES string of the molecule is Cc1nc2ccc(C(N(C)C)C(C)(C)N)cc2o1. The average Bonchev–Trinajstić information content (AvgIpc) is 2.54. The second-order valence-corrected chi connectivity index (χ2v) is 5.65. The lowest BCUT2D eigenvalue weighted by atomic mass is 9.88. The summed E-state index contributed by atoms with van der Waals surface area (Å²) in [5.41, 5.74) is 8.81. The zero-order chi connectivity index (χ0) is 13.5. The third-order valence-electron chi connectivity index (χ3n) is 3.06. The van der Waals surface area contributed by atoms with Crippen LogP contribution in [0.15, 0.2) is 22.6 Å². The van der Waals surface area contributed by atoms with Crippen LogP contribution in [-0.4, -0.2) is 29.5 Å². The van der Waals surface area contributed by atoms with E-state index in [4.69, 9.17) is 10.2 Å². The Labute approximate surface area is 108 Å². The minimum atomic E-state index is -0.327. The van der Waals surface area contributed by atoms with Crippen LogP contribution in [0.1, 0.15) is 31.3 Å². The molecule has 0 spiro atoms. The van der Waals surface area contributed by atoms with Gasteiger partial charge in [-0.2, -0.15) is 0 Å². The molecule has 4 heteroatoms. The molecule has 1 heterocycles. The molecule has 0 aliphatic heterocycles. The Morgan fingerprint density at radius 2 is 2.00 bits per heavy atom. The Balaban J connectivity index is 2.51. The van der Waals surface area contributed by atoms with Crippen molar-refractivity contribution >= 4 is 11.1 Å². The van der Waals surface area contributed by atoms with Gasteiger partial charge in [0.1, 0.15) is 5.52 Å². The number of rotatable bonds is 3. The number of fused-ring (bicyclic) bond motifs is 1. The molecule has 1 aromatic carbocycles. The molecule has 98 valence electrons. The monoisotopic (exact) mass is 247 g/mol. The standard InChI is InChI=1S/C14H21N3O/c1-9-16-11-7-6-10(8-12(11)18-9)13(17(4)5)14(2,3)15/h6-8,13H,15H2,1-5H3. The first kappa shape index (κ1) is 13.1. The van der Waals surface area contributed by atoms with E-state index < -0.39 is 0 Å². The van der Waals surface area contributed by atoms with E-state index in [9.17, 15) is 0 Å². The van der Waals surface area contributed by atoms with E-state index >= 15 is 0 Å². The van der Waals surface area contributed by atoms with E-state index in [-0.39, 0.29) is 11.6 Å². The Morgan fingerprint density at radius 3 is 2.56 bits per heavy atom. The number of nitrogens with two attached hydrogens (primary N) is 1. The van der Waals surface area contributed by atoms with Crippen molar-refractivity contribution in [1.82, 2.24) is 9.88 Å². The van der Waals surface area contributed by atoms with Gasteiger partial charge in [-0.25, -0.2) is 4.98 Å². The Hall–Kier alpha value is -1.39. The Kier molecular flexibility index (Phi) is 3.17. The van der Waals surface area contributed by atoms with Crippen LogP contribution in [-0.2, 0) is 0 Å². The minimum absolute atomic E-state index is 0.132. The number of nitrogens with zero attached hydrogens (tertiary/aromatic N) is 2. The van der Waals surface area contributed by atoms with E-state index in [0.29, 0.717) is 5.89 Å². The molecule has 0 amide bonds. The van der Waals surface area contributed by atoms with Gasteiger partial charge in [-0.1, -0.05) is 6.07 Å². The van der Waals surface area contributed by atoms with Crippen LogP contribution in [0.5, 0.6) is 0 Å². The van der Waals surface area contributed by atoms with Gasteiger partial charge in [-0.05, 0) is 45.6 Å². The van der Waals surface area contributed by atoms with Gasteiger partial charge in [0, 0.05) is 12.5 Å². The summed E-state index contributed by atoms with van der Waals surface area (Å²) in [4.78, 5) is 6.44. The molecule has 0 saturated carbocycles. The Morgan fingerprint density at radius 1 is 1.33 bits per heavy atom. The highest BCUT2D eigenvalue weighted by molar-refractivity contribution is 5.73. The normalized spacial score (nSPS) is 14.4. The number of hydrogen-bond donors (Lipinski definition) is 1. The number of benzene rings is 1. The molecular weight excluding hydrogens is 226 g/mol. The molecular formula is C14H21N3O. The summed E-state index contributed by atoms with van der Waals surface area (Å²) in [6.07, 6.45) is 0. The molecule has 2 aromatic rings. The summed E-state index contributed by atoms with van der Waals surface area (Å²) in [6.45, 7) is 5.93. The fourth-order valence-corrected chi connectivity index (χ4v) is 2.62. The fraction of sp³-hybridized carbons (Fsp3) is 0.500. The lowest BCUT2D eigenvalue weighted by Crippen LogP contribution is -2.45. The van der Waals surface area contributed by atoms with Crippen LogP contribution in [0.3, 0.4) is 0 Å². The average molecular weight is 247 g/mol. The van der Waals surface area contributed by atoms with Gasteiger partial charge in [0.25, 0.3) is 0 Å². The molecule has 0 aliphatic carbocycles. The molecule has 2 rings (SSSR count). The molecule has 0 saturated heterocycles. The van der Waals surface area contributed by atoms with Crippen LogP contribution in [0.25, 0.3) is 11.1 Å². The van der Waals surface area contributed by atoms with Crippen molar-refractivity contribution < 1.29 is 4.42 Å². The van der Waals surface area contributed by atoms with Crippen LogP contribution in [0.2, 0.25) is 0 Å². The van der Waals surface area contributed by atoms with Gasteiger partial charge in [0.2, 0.25) is 0 Å². The van der Waals surface area contributed by atoms with Crippen molar-refractivity contribution in [2.75, 3.05) is 14.1 Å². The smallest absolute Gasteiger partial charge is 0.192 e. The molecule has 0 fully saturated rings. The molecule has 0 bridgehead atoms. The van der Waals surface area contributed by atoms with Gasteiger partial charge in [0.15, 0.2) is 11.5 Å². The van der Waals surface area contributed by atoms with Gasteiger partial charge in [-0.15, -0.1) is 0 Å². The number of aryl methyl sites for hydroxylation is 1. The van der Waals surface area contributed by atoms with Crippen LogP contribution < -0.4 is 5.73 Å². The molecule has 1 atom stereocenters. The van der Waals surface area contributed by atoms with E-state index in [1.165, 1.54) is 0 Å². The Bertz CT molecular complexity index is 552. The topological polar surface area (TPSA) is 55.3 Å². The summed E-state index contributed by atoms with van der Waals surface area (Å²) in [6, 6.07) is 6.23. The predicted octanol–water partition coefficient (Wildman–Crippen LogP) is 2.48. The van der Waals surface area contributed by atoms with Crippen molar-refractivity contribution in [3.63, 3.8) is 0 Å². The number of aromatic nitrogens is 1. The molecule has 1 aromatic heterocycles. The van der Waals surface area contributed by atoms with Crippen molar-refractivity contribution in [3.8, 4) is 0 Å². The zero-order valence-corrected chi connectivity index (χ0v) is 11.7. The summed E-state index contributed by atoms with van der Waals surface area (Å²) in [7, 11) is 4.07. The van der Waals surface area contributed by atoms with Gasteiger partial charge >= 0.3 is 0 Å². The highest BCUT2D eigenvalue weighted by Gasteiger charge is 2.29. The van der Waals surface area contributed by atoms with Crippen molar-refractivity contribution in [2.24, 2.45) is 5.73 Å². The van der Waals surface area contributed by atoms with Crippen molar-refractivity contribution in [3.05, 3.63) is 29.7 Å². The first-order valence-electron chi connectivity index (χ1n) is 6.11. The molecule has 0 radical (unpaired) electrons. The highest BCUT2D eigenvalue weighted by atomic mass is 16.3. The van der Waals surface area contributed by atoms with E-state index in [1.54, 1.807) is 0 Å². The number of hydrogen-bond acceptors (Lipinski definition) is 4. The molecule has 2 N–H and O–H groups in total. The van der Waals surface area contributed by atoms with Crippen LogP contribution in [0.4, 0.5) is 0 Å². The molecule has 18 heavy (non-hydrogen) atoms. The maximum absolute atomic E-state index is 6.27. The maximum atomic E-state index is 6.27. The van der Waals surface area contributed by atoms with Crippen molar-refractivity contribution in [2.45, 2.75) is 32.4 Å². The minimum Gasteiger partial charge on any atom is -0.441 e. The number of oxazole rings is 1. The number of likely N-dealkylation sites (N-methyl/N-ethyl adjacent to an activating group) is 1. The van der Waals surface area contributed by atoms with Gasteiger partial charge in [0.05, 0.1) is 6.04 Å². The second-order valence-electron chi connectivity index (χ2n) is 5.65. The fourth-order valence-electron chi connectivity index (χ4n) is 2.62. The van der Waals surface area contributed by atoms with Crippen LogP contribution in [0, 0.1) is 6.92 Å². The summed E-state index contributed by atoms with van der Waals surface area (Å²) in [5, 5.41) is 0. The first-order chi connectivity index (χ1) is 8.29. The van der Waals surface area contributed by atoms with Crippen LogP contribution >= 0.6 is 0 Å². The quantitative estimate of drug-likeness (QED) is 0.905. The largest absolute Gasteiger partial charge is 0.441 e. The summed E-state index contributed by atoms with van der Waals surface area (Å²) in [5.74, 6) is 0.690. The third-order valence-corrected chi connectivity index (χ3v) is 3.06. The predicted molar refractivity (Wildman–Crippen MR) is 73.4 cm³/mol. The lowest BCUT2D eigenvalue weighted by molar-refractivity contribution is 0.205. The third kappa shape index (κ3) is 2.40. The highest BCUT2D eigenvalue weighted by Crippen LogP contribution is 2.30.